The van der Waals surface area contributed by atoms with Gasteiger partial charge < -0.3 is 15.5 Å². The number of carbonyl (C=O) groups excluding carboxylic acids is 1. The Balaban J connectivity index is 2.30. The SMILES string of the molecule is CN(CCCN)C(=O)CCN1CCCS(=O)(=O)CC1. The average Bonchev–Trinajstić information content (AvgIpc) is 2.54. The number of nitrogens with zero attached hydrogens (tertiary/aromatic N) is 2. The third kappa shape index (κ3) is 6.35. The molecule has 0 unspecified atom stereocenters. The second-order valence-electron chi connectivity index (χ2n) is 5.05. The van der Waals surface area contributed by atoms with Gasteiger partial charge in [0.2, 0.25) is 5.91 Å². The molecule has 6 nitrogen and oxygen atoms in total. The highest BCUT2D eigenvalue weighted by Gasteiger charge is 2.19. The van der Waals surface area contributed by atoms with Crippen LogP contribution in [0.25, 0.3) is 0 Å². The molecular weight excluding hydrogens is 266 g/mol. The molecule has 0 aliphatic carbocycles. The van der Waals surface area contributed by atoms with Crippen molar-refractivity contribution in [1.82, 2.24) is 9.80 Å². The molecule has 0 bridgehead atoms. The highest BCUT2D eigenvalue weighted by atomic mass is 32.2. The molecule has 0 saturated carbocycles. The van der Waals surface area contributed by atoms with Crippen molar-refractivity contribution < 1.29 is 13.2 Å². The molecule has 1 fully saturated rings. The highest BCUT2D eigenvalue weighted by molar-refractivity contribution is 7.91. The van der Waals surface area contributed by atoms with Gasteiger partial charge in [-0.1, -0.05) is 0 Å². The largest absolute Gasteiger partial charge is 0.346 e. The Morgan fingerprint density at radius 2 is 2.05 bits per heavy atom. The Bertz CT molecular complexity index is 384. The molecule has 0 spiro atoms. The fourth-order valence-corrected chi connectivity index (χ4v) is 3.42. The molecule has 1 rings (SSSR count). The summed E-state index contributed by atoms with van der Waals surface area (Å²) in [5.41, 5.74) is 5.41. The molecule has 2 N–H and O–H groups in total. The van der Waals surface area contributed by atoms with E-state index in [1.807, 2.05) is 0 Å². The lowest BCUT2D eigenvalue weighted by Gasteiger charge is -2.21. The number of hydrogen-bond acceptors (Lipinski definition) is 5. The quantitative estimate of drug-likeness (QED) is 0.700. The van der Waals surface area contributed by atoms with Gasteiger partial charge in [0, 0.05) is 33.1 Å². The van der Waals surface area contributed by atoms with Gasteiger partial charge in [-0.3, -0.25) is 4.79 Å². The van der Waals surface area contributed by atoms with Crippen LogP contribution in [-0.2, 0) is 14.6 Å². The summed E-state index contributed by atoms with van der Waals surface area (Å²) in [5.74, 6) is 0.582. The Kier molecular flexibility index (Phi) is 6.74. The van der Waals surface area contributed by atoms with E-state index in [2.05, 4.69) is 4.90 Å². The molecule has 0 radical (unpaired) electrons. The van der Waals surface area contributed by atoms with Crippen LogP contribution in [0.1, 0.15) is 19.3 Å². The van der Waals surface area contributed by atoms with E-state index in [1.54, 1.807) is 11.9 Å². The van der Waals surface area contributed by atoms with Gasteiger partial charge in [-0.15, -0.1) is 0 Å². The molecule has 112 valence electrons. The number of sulfone groups is 1. The van der Waals surface area contributed by atoms with Crippen molar-refractivity contribution in [2.45, 2.75) is 19.3 Å². The van der Waals surface area contributed by atoms with E-state index in [9.17, 15) is 13.2 Å². The first-order chi connectivity index (χ1) is 8.94. The van der Waals surface area contributed by atoms with Crippen LogP contribution in [0, 0.1) is 0 Å². The van der Waals surface area contributed by atoms with Crippen molar-refractivity contribution in [3.63, 3.8) is 0 Å². The molecular formula is C12H25N3O3S. The predicted molar refractivity (Wildman–Crippen MR) is 75.6 cm³/mol. The molecule has 1 aliphatic rings. The fraction of sp³-hybridized carbons (Fsp3) is 0.917. The highest BCUT2D eigenvalue weighted by Crippen LogP contribution is 2.06. The van der Waals surface area contributed by atoms with Gasteiger partial charge in [0.05, 0.1) is 11.5 Å². The smallest absolute Gasteiger partial charge is 0.223 e. The Labute approximate surface area is 115 Å². The summed E-state index contributed by atoms with van der Waals surface area (Å²) in [4.78, 5) is 15.6. The standard InChI is InChI=1S/C12H25N3O3S/c1-14(6-2-5-13)12(16)4-8-15-7-3-10-19(17,18)11-9-15/h2-11,13H2,1H3. The van der Waals surface area contributed by atoms with Crippen LogP contribution in [0.3, 0.4) is 0 Å². The van der Waals surface area contributed by atoms with Gasteiger partial charge in [-0.05, 0) is 25.9 Å². The van der Waals surface area contributed by atoms with Crippen LogP contribution >= 0.6 is 0 Å². The Morgan fingerprint density at radius 1 is 1.32 bits per heavy atom. The van der Waals surface area contributed by atoms with Crippen molar-refractivity contribution >= 4 is 15.7 Å². The van der Waals surface area contributed by atoms with Gasteiger partial charge in [0.1, 0.15) is 0 Å². The number of hydrogen-bond donors (Lipinski definition) is 1. The van der Waals surface area contributed by atoms with E-state index >= 15 is 0 Å². The molecule has 1 amide bonds. The minimum Gasteiger partial charge on any atom is -0.346 e. The molecule has 0 atom stereocenters. The minimum atomic E-state index is -2.87. The topological polar surface area (TPSA) is 83.7 Å². The molecule has 7 heteroatoms. The summed E-state index contributed by atoms with van der Waals surface area (Å²) in [6.07, 6.45) is 1.92. The molecule has 19 heavy (non-hydrogen) atoms. The van der Waals surface area contributed by atoms with E-state index in [0.29, 0.717) is 39.0 Å². The zero-order chi connectivity index (χ0) is 14.3. The van der Waals surface area contributed by atoms with Crippen molar-refractivity contribution in [3.05, 3.63) is 0 Å². The second-order valence-corrected chi connectivity index (χ2v) is 7.36. The summed E-state index contributed by atoms with van der Waals surface area (Å²) in [6, 6.07) is 0. The summed E-state index contributed by atoms with van der Waals surface area (Å²) < 4.78 is 22.9. The van der Waals surface area contributed by atoms with Crippen LogP contribution in [0.2, 0.25) is 0 Å². The van der Waals surface area contributed by atoms with E-state index in [1.165, 1.54) is 0 Å². The van der Waals surface area contributed by atoms with E-state index in [0.717, 1.165) is 13.0 Å². The van der Waals surface area contributed by atoms with E-state index in [-0.39, 0.29) is 17.4 Å². The van der Waals surface area contributed by atoms with Gasteiger partial charge in [-0.2, -0.15) is 0 Å². The number of amides is 1. The Hall–Kier alpha value is -0.660. The van der Waals surface area contributed by atoms with Gasteiger partial charge in [0.25, 0.3) is 0 Å². The average molecular weight is 291 g/mol. The molecule has 0 aromatic carbocycles. The normalized spacial score (nSPS) is 19.9. The number of nitrogens with two attached hydrogens (primary N) is 1. The van der Waals surface area contributed by atoms with Crippen molar-refractivity contribution in [1.29, 1.82) is 0 Å². The summed E-state index contributed by atoms with van der Waals surface area (Å²) in [7, 11) is -1.09. The lowest BCUT2D eigenvalue weighted by molar-refractivity contribution is -0.130. The summed E-state index contributed by atoms with van der Waals surface area (Å²) in [5, 5.41) is 0. The van der Waals surface area contributed by atoms with Crippen molar-refractivity contribution in [3.8, 4) is 0 Å². The lowest BCUT2D eigenvalue weighted by Crippen LogP contribution is -2.34. The maximum Gasteiger partial charge on any atom is 0.223 e. The second kappa shape index (κ2) is 7.81. The maximum absolute atomic E-state index is 11.8. The number of carbonyl (C=O) groups is 1. The van der Waals surface area contributed by atoms with Crippen molar-refractivity contribution in [2.75, 3.05) is 51.3 Å². The molecule has 0 aromatic heterocycles. The third-order valence-corrected chi connectivity index (χ3v) is 5.13. The first-order valence-electron chi connectivity index (χ1n) is 6.81. The summed E-state index contributed by atoms with van der Waals surface area (Å²) >= 11 is 0. The molecule has 0 aromatic rings. The first-order valence-corrected chi connectivity index (χ1v) is 8.63. The molecule has 1 saturated heterocycles. The first kappa shape index (κ1) is 16.4. The van der Waals surface area contributed by atoms with E-state index < -0.39 is 9.84 Å². The summed E-state index contributed by atoms with van der Waals surface area (Å²) in [6.45, 7) is 3.22. The zero-order valence-corrected chi connectivity index (χ0v) is 12.5. The van der Waals surface area contributed by atoms with Gasteiger partial charge in [0.15, 0.2) is 9.84 Å². The lowest BCUT2D eigenvalue weighted by atomic mass is 10.3. The van der Waals surface area contributed by atoms with Crippen LogP contribution in [0.4, 0.5) is 0 Å². The van der Waals surface area contributed by atoms with Crippen LogP contribution in [0.5, 0.6) is 0 Å². The van der Waals surface area contributed by atoms with Crippen molar-refractivity contribution in [2.24, 2.45) is 5.73 Å². The maximum atomic E-state index is 11.8. The van der Waals surface area contributed by atoms with Gasteiger partial charge >= 0.3 is 0 Å². The van der Waals surface area contributed by atoms with Crippen LogP contribution in [-0.4, -0.2) is 75.4 Å². The molecule has 1 aliphatic heterocycles. The monoisotopic (exact) mass is 291 g/mol. The van der Waals surface area contributed by atoms with E-state index in [4.69, 9.17) is 5.73 Å². The van der Waals surface area contributed by atoms with Crippen LogP contribution < -0.4 is 5.73 Å². The predicted octanol–water partition coefficient (Wildman–Crippen LogP) is -0.696. The molecule has 1 heterocycles. The fourth-order valence-electron chi connectivity index (χ4n) is 2.11. The zero-order valence-electron chi connectivity index (χ0n) is 11.7. The minimum absolute atomic E-state index is 0.0977. The number of rotatable bonds is 6. The van der Waals surface area contributed by atoms with Crippen LogP contribution in [0.15, 0.2) is 0 Å². The Morgan fingerprint density at radius 3 is 2.74 bits per heavy atom. The van der Waals surface area contributed by atoms with Gasteiger partial charge in [-0.25, -0.2) is 8.42 Å². The third-order valence-electron chi connectivity index (χ3n) is 3.41.